The minimum Gasteiger partial charge on any atom is -0.508 e. The van der Waals surface area contributed by atoms with Crippen molar-refractivity contribution in [3.63, 3.8) is 0 Å². The molecule has 0 radical (unpaired) electrons. The van der Waals surface area contributed by atoms with Crippen LogP contribution < -0.4 is 4.74 Å². The van der Waals surface area contributed by atoms with Crippen molar-refractivity contribution < 1.29 is 34.1 Å². The highest BCUT2D eigenvalue weighted by molar-refractivity contribution is 8.00. The van der Waals surface area contributed by atoms with Crippen LogP contribution in [0.1, 0.15) is 62.1 Å². The molecule has 33 heavy (non-hydrogen) atoms. The SMILES string of the molecule is [2H]c1cc(C2Oc3c([2H])c(O)cc([2H])c3C(C([2H])([2H])[2H])=C2c2ccc(O)cc2)cc([2H])c1SC1CN(C([2H])([2H])C([2H])([2H])C([2H])([2H])[2H])C1. The predicted molar refractivity (Wildman–Crippen MR) is 135 cm³/mol. The number of fused-ring (bicyclic) bond motifs is 1. The van der Waals surface area contributed by atoms with Gasteiger partial charge in [0.05, 0.1) is 5.48 Å². The monoisotopic (exact) mass is 473 g/mol. The quantitative estimate of drug-likeness (QED) is 0.437. The van der Waals surface area contributed by atoms with Crippen LogP contribution in [0.4, 0.5) is 0 Å². The molecule has 0 aromatic heterocycles. The molecule has 0 spiro atoms. The van der Waals surface area contributed by atoms with Gasteiger partial charge in [-0.15, -0.1) is 11.8 Å². The lowest BCUT2D eigenvalue weighted by atomic mass is 9.86. The van der Waals surface area contributed by atoms with Gasteiger partial charge in [0.15, 0.2) is 0 Å². The molecule has 0 amide bonds. The van der Waals surface area contributed by atoms with Gasteiger partial charge in [-0.25, -0.2) is 0 Å². The second-order valence-electron chi connectivity index (χ2n) is 7.62. The minimum absolute atomic E-state index is 0.0443. The number of allylic oxidation sites excluding steroid dienone is 1. The molecule has 3 aromatic carbocycles. The number of rotatable bonds is 6. The van der Waals surface area contributed by atoms with Crippen LogP contribution in [0.2, 0.25) is 0 Å². The summed E-state index contributed by atoms with van der Waals surface area (Å²) in [5.74, 6) is -1.06. The minimum atomic E-state index is -3.20. The maximum atomic E-state index is 10.3. The normalized spacial score (nSPS) is 26.4. The van der Waals surface area contributed by atoms with Crippen LogP contribution in [-0.4, -0.2) is 39.9 Å². The summed E-state index contributed by atoms with van der Waals surface area (Å²) in [5.41, 5.74) is -0.0398. The average molecular weight is 474 g/mol. The molecular formula is C28H29NO3S. The van der Waals surface area contributed by atoms with Gasteiger partial charge in [0.1, 0.15) is 23.4 Å². The molecule has 170 valence electrons. The molecule has 3 aromatic rings. The summed E-state index contributed by atoms with van der Waals surface area (Å²) in [6.45, 7) is -8.95. The van der Waals surface area contributed by atoms with Gasteiger partial charge in [0.2, 0.25) is 0 Å². The predicted octanol–water partition coefficient (Wildman–Crippen LogP) is 6.35. The fourth-order valence-electron chi connectivity index (χ4n) is 3.76. The lowest BCUT2D eigenvalue weighted by Gasteiger charge is -2.38. The van der Waals surface area contributed by atoms with Gasteiger partial charge in [0, 0.05) is 54.1 Å². The summed E-state index contributed by atoms with van der Waals surface area (Å²) in [6, 6.07) is 7.96. The van der Waals surface area contributed by atoms with Gasteiger partial charge in [-0.3, -0.25) is 0 Å². The molecule has 1 fully saturated rings. The summed E-state index contributed by atoms with van der Waals surface area (Å²) >= 11 is 1.07. The zero-order valence-electron chi connectivity index (χ0n) is 31.3. The number of ether oxygens (including phenoxy) is 1. The summed E-state index contributed by atoms with van der Waals surface area (Å²) in [6.07, 6.45) is -4.47. The van der Waals surface area contributed by atoms with Crippen LogP contribution in [-0.2, 0) is 0 Å². The molecule has 1 atom stereocenters. The maximum absolute atomic E-state index is 10.3. The van der Waals surface area contributed by atoms with E-state index in [0.29, 0.717) is 5.56 Å². The number of likely N-dealkylation sites (tertiary alicyclic amines) is 1. The van der Waals surface area contributed by atoms with Crippen LogP contribution >= 0.6 is 11.8 Å². The number of aromatic hydroxyl groups is 2. The first-order chi connectivity index (χ1) is 21.6. The van der Waals surface area contributed by atoms with Gasteiger partial charge < -0.3 is 19.8 Å². The molecular weight excluding hydrogens is 430 g/mol. The van der Waals surface area contributed by atoms with Crippen LogP contribution in [0.25, 0.3) is 11.1 Å². The third-order valence-corrected chi connectivity index (χ3v) is 6.51. The van der Waals surface area contributed by atoms with Crippen molar-refractivity contribution >= 4 is 22.9 Å². The van der Waals surface area contributed by atoms with Crippen molar-refractivity contribution in [1.29, 1.82) is 0 Å². The second-order valence-corrected chi connectivity index (χ2v) is 8.94. The Bertz CT molecular complexity index is 1730. The first kappa shape index (κ1) is 11.0. The van der Waals surface area contributed by atoms with Crippen molar-refractivity contribution in [2.75, 3.05) is 19.6 Å². The van der Waals surface area contributed by atoms with E-state index in [-0.39, 0.29) is 63.8 Å². The fraction of sp³-hybridized carbons (Fsp3) is 0.286. The molecule has 1 saturated heterocycles. The topological polar surface area (TPSA) is 52.9 Å². The van der Waals surface area contributed by atoms with E-state index >= 15 is 0 Å². The zero-order valence-corrected chi connectivity index (χ0v) is 18.1. The van der Waals surface area contributed by atoms with Crippen molar-refractivity contribution in [1.82, 2.24) is 4.90 Å². The lowest BCUT2D eigenvalue weighted by molar-refractivity contribution is 0.191. The van der Waals surface area contributed by atoms with Crippen LogP contribution in [0.5, 0.6) is 17.2 Å². The first-order valence-electron chi connectivity index (χ1n) is 17.1. The van der Waals surface area contributed by atoms with Crippen molar-refractivity contribution in [2.24, 2.45) is 0 Å². The second kappa shape index (κ2) is 9.16. The number of phenols is 2. The molecule has 2 aliphatic heterocycles. The Balaban J connectivity index is 1.54. The van der Waals surface area contributed by atoms with E-state index in [2.05, 4.69) is 0 Å². The highest BCUT2D eigenvalue weighted by Gasteiger charge is 2.30. The maximum Gasteiger partial charge on any atom is 0.150 e. The van der Waals surface area contributed by atoms with Gasteiger partial charge in [-0.2, -0.15) is 0 Å². The number of benzene rings is 3. The van der Waals surface area contributed by atoms with Crippen molar-refractivity contribution in [3.05, 3.63) is 83.3 Å². The molecule has 2 heterocycles. The molecule has 0 saturated carbocycles. The Kier molecular flexibility index (Phi) is 3.06. The Labute approximate surface area is 219 Å². The summed E-state index contributed by atoms with van der Waals surface area (Å²) in [5, 5.41) is 19.8. The first-order valence-corrected chi connectivity index (χ1v) is 11.0. The van der Waals surface area contributed by atoms with E-state index in [1.54, 1.807) is 0 Å². The number of phenolic OH excluding ortho intramolecular Hbond substituents is 2. The summed E-state index contributed by atoms with van der Waals surface area (Å²) in [4.78, 5) is 1.25. The van der Waals surface area contributed by atoms with E-state index in [4.69, 9.17) is 23.9 Å². The molecule has 2 aliphatic rings. The zero-order chi connectivity index (χ0) is 35.0. The van der Waals surface area contributed by atoms with E-state index in [9.17, 15) is 10.2 Å². The Morgan fingerprint density at radius 2 is 1.88 bits per heavy atom. The number of nitrogens with zero attached hydrogens (tertiary/aromatic N) is 1. The summed E-state index contributed by atoms with van der Waals surface area (Å²) < 4.78 is 120. The number of thioether (sulfide) groups is 1. The molecule has 1 unspecified atom stereocenters. The average Bonchev–Trinajstić information content (AvgIpc) is 2.92. The third-order valence-electron chi connectivity index (χ3n) is 5.41. The lowest BCUT2D eigenvalue weighted by Crippen LogP contribution is -2.48. The van der Waals surface area contributed by atoms with Crippen LogP contribution in [0, 0.1) is 0 Å². The van der Waals surface area contributed by atoms with Gasteiger partial charge in [0.25, 0.3) is 0 Å². The summed E-state index contributed by atoms with van der Waals surface area (Å²) in [7, 11) is 0. The van der Waals surface area contributed by atoms with E-state index in [1.165, 1.54) is 36.4 Å². The van der Waals surface area contributed by atoms with E-state index < -0.39 is 55.8 Å². The Hall–Kier alpha value is -2.89. The van der Waals surface area contributed by atoms with Crippen molar-refractivity contribution in [2.45, 2.75) is 36.3 Å². The number of hydrogen-bond acceptors (Lipinski definition) is 5. The van der Waals surface area contributed by atoms with Crippen LogP contribution in [0.3, 0.4) is 0 Å². The van der Waals surface area contributed by atoms with Crippen molar-refractivity contribution in [3.8, 4) is 17.2 Å². The molecule has 2 N–H and O–H groups in total. The van der Waals surface area contributed by atoms with Gasteiger partial charge in [-0.05, 0) is 72.7 Å². The van der Waals surface area contributed by atoms with E-state index in [0.717, 1.165) is 22.7 Å². The fourth-order valence-corrected chi connectivity index (χ4v) is 4.86. The van der Waals surface area contributed by atoms with E-state index in [1.807, 2.05) is 0 Å². The van der Waals surface area contributed by atoms with Gasteiger partial charge >= 0.3 is 0 Å². The Morgan fingerprint density at radius 3 is 2.61 bits per heavy atom. The molecule has 5 heteroatoms. The highest BCUT2D eigenvalue weighted by Crippen LogP contribution is 2.47. The molecule has 0 aliphatic carbocycles. The molecule has 0 bridgehead atoms. The molecule has 4 nitrogen and oxygen atoms in total. The molecule has 5 rings (SSSR count). The highest BCUT2D eigenvalue weighted by atomic mass is 32.2. The number of hydrogen-bond donors (Lipinski definition) is 2. The van der Waals surface area contributed by atoms with Gasteiger partial charge in [-0.1, -0.05) is 31.1 Å². The standard InChI is InChI=1S/C28H29NO3S/c1-3-14-29-16-24(17-29)33-23-11-6-20(7-12-23)28-27(19-4-8-21(30)9-5-19)18(2)25-13-10-22(31)15-26(25)32-28/h4-13,15,24,28,30-31H,3,14,16-17H2,1-2H3/i1D3,2D3,3D2,11D,12D,13D,14D2,15D. The largest absolute Gasteiger partial charge is 0.508 e. The van der Waals surface area contributed by atoms with Crippen LogP contribution in [0.15, 0.2) is 71.5 Å². The third kappa shape index (κ3) is 4.48. The Morgan fingerprint density at radius 1 is 1.09 bits per heavy atom. The smallest absolute Gasteiger partial charge is 0.150 e.